The van der Waals surface area contributed by atoms with Crippen LogP contribution in [0.2, 0.25) is 0 Å². The summed E-state index contributed by atoms with van der Waals surface area (Å²) in [4.78, 5) is 36.6. The molecule has 0 aromatic heterocycles. The molecule has 2 N–H and O–H groups in total. The van der Waals surface area contributed by atoms with E-state index >= 15 is 0 Å². The largest absolute Gasteiger partial charge is 0.373 e. The lowest BCUT2D eigenvalue weighted by atomic mass is 10.2. The number of morpholine rings is 1. The van der Waals surface area contributed by atoms with E-state index in [4.69, 9.17) is 4.74 Å². The highest BCUT2D eigenvalue weighted by Gasteiger charge is 2.31. The number of amides is 4. The molecular formula is C19H26N4O6S2. The van der Waals surface area contributed by atoms with Crippen LogP contribution in [0.25, 0.3) is 0 Å². The van der Waals surface area contributed by atoms with E-state index in [0.717, 1.165) is 17.3 Å². The average Bonchev–Trinajstić information content (AvgIpc) is 3.00. The lowest BCUT2D eigenvalue weighted by Gasteiger charge is -2.34. The lowest BCUT2D eigenvalue weighted by Crippen LogP contribution is -2.49. The van der Waals surface area contributed by atoms with Crippen molar-refractivity contribution < 1.29 is 27.5 Å². The van der Waals surface area contributed by atoms with E-state index in [1.807, 2.05) is 13.8 Å². The molecule has 0 bridgehead atoms. The fourth-order valence-corrected chi connectivity index (χ4v) is 5.58. The van der Waals surface area contributed by atoms with Gasteiger partial charge in [0.2, 0.25) is 15.9 Å². The number of nitrogens with one attached hydrogen (secondary N) is 2. The molecule has 1 aromatic carbocycles. The minimum absolute atomic E-state index is 0.0246. The molecule has 4 amide bonds. The number of ether oxygens (including phenoxy) is 1. The Hall–Kier alpha value is -2.15. The summed E-state index contributed by atoms with van der Waals surface area (Å²) in [6.45, 7) is 4.43. The molecule has 0 spiro atoms. The third-order valence-corrected chi connectivity index (χ3v) is 7.48. The summed E-state index contributed by atoms with van der Waals surface area (Å²) in [6.07, 6.45) is -0.337. The Labute approximate surface area is 185 Å². The van der Waals surface area contributed by atoms with Crippen LogP contribution in [-0.4, -0.2) is 78.1 Å². The number of carbonyl (C=O) groups excluding carboxylic acids is 3. The zero-order valence-electron chi connectivity index (χ0n) is 17.4. The topological polar surface area (TPSA) is 125 Å². The van der Waals surface area contributed by atoms with Gasteiger partial charge in [0, 0.05) is 25.3 Å². The Morgan fingerprint density at radius 3 is 2.39 bits per heavy atom. The molecule has 0 radical (unpaired) electrons. The van der Waals surface area contributed by atoms with Gasteiger partial charge in [-0.2, -0.15) is 4.31 Å². The maximum atomic E-state index is 12.5. The molecule has 2 atom stereocenters. The van der Waals surface area contributed by atoms with Gasteiger partial charge in [0.15, 0.2) is 0 Å². The number of sulfonamides is 1. The highest BCUT2D eigenvalue weighted by Crippen LogP contribution is 2.22. The van der Waals surface area contributed by atoms with Crippen LogP contribution < -0.4 is 10.6 Å². The highest BCUT2D eigenvalue weighted by molar-refractivity contribution is 8.14. The van der Waals surface area contributed by atoms with E-state index < -0.39 is 16.1 Å². The van der Waals surface area contributed by atoms with Crippen LogP contribution in [0.3, 0.4) is 0 Å². The molecule has 2 saturated heterocycles. The second kappa shape index (κ2) is 9.98. The number of rotatable bonds is 7. The Morgan fingerprint density at radius 2 is 1.81 bits per heavy atom. The van der Waals surface area contributed by atoms with E-state index in [2.05, 4.69) is 10.6 Å². The first kappa shape index (κ1) is 23.5. The van der Waals surface area contributed by atoms with E-state index in [1.165, 1.54) is 9.21 Å². The summed E-state index contributed by atoms with van der Waals surface area (Å²) in [5, 5.41) is 4.91. The SMILES string of the molecule is CC1CN(S(=O)(=O)CCNC(=O)Nc2ccc(CN3C(=O)CSC3=O)cc2)CC(C)O1. The molecule has 10 nitrogen and oxygen atoms in total. The van der Waals surface area contributed by atoms with Crippen molar-refractivity contribution >= 4 is 44.7 Å². The normalized spacial score (nSPS) is 22.6. The van der Waals surface area contributed by atoms with Crippen molar-refractivity contribution in [3.8, 4) is 0 Å². The van der Waals surface area contributed by atoms with Gasteiger partial charge in [-0.1, -0.05) is 23.9 Å². The molecule has 170 valence electrons. The summed E-state index contributed by atoms with van der Waals surface area (Å²) in [5.41, 5.74) is 1.27. The first-order valence-electron chi connectivity index (χ1n) is 9.88. The molecular weight excluding hydrogens is 444 g/mol. The lowest BCUT2D eigenvalue weighted by molar-refractivity contribution is -0.125. The van der Waals surface area contributed by atoms with Crippen LogP contribution in [0.5, 0.6) is 0 Å². The minimum Gasteiger partial charge on any atom is -0.373 e. The van der Waals surface area contributed by atoms with Crippen molar-refractivity contribution in [1.29, 1.82) is 0 Å². The van der Waals surface area contributed by atoms with Crippen LogP contribution >= 0.6 is 11.8 Å². The molecule has 2 aliphatic heterocycles. The number of thioether (sulfide) groups is 1. The molecule has 2 fully saturated rings. The highest BCUT2D eigenvalue weighted by atomic mass is 32.2. The third-order valence-electron chi connectivity index (χ3n) is 4.82. The van der Waals surface area contributed by atoms with E-state index in [0.29, 0.717) is 18.8 Å². The standard InChI is InChI=1S/C19H26N4O6S2/c1-13-9-22(10-14(2)29-13)31(27,28)8-7-20-18(25)21-16-5-3-15(4-6-16)11-23-17(24)12-30-19(23)26/h3-6,13-14H,7-12H2,1-2H3,(H2,20,21,25). The molecule has 1 aromatic rings. The Bertz CT molecular complexity index is 911. The average molecular weight is 471 g/mol. The predicted molar refractivity (Wildman–Crippen MR) is 117 cm³/mol. The second-order valence-corrected chi connectivity index (χ2v) is 10.5. The van der Waals surface area contributed by atoms with Crippen LogP contribution in [-0.2, 0) is 26.1 Å². The summed E-state index contributed by atoms with van der Waals surface area (Å²) in [5.74, 6) is -0.250. The van der Waals surface area contributed by atoms with Gasteiger partial charge in [-0.05, 0) is 31.5 Å². The van der Waals surface area contributed by atoms with E-state index in [-0.39, 0.29) is 47.9 Å². The molecule has 3 rings (SSSR count). The number of hydrogen-bond donors (Lipinski definition) is 2. The van der Waals surface area contributed by atoms with Gasteiger partial charge in [0.1, 0.15) is 0 Å². The first-order valence-corrected chi connectivity index (χ1v) is 12.5. The molecule has 0 saturated carbocycles. The van der Waals surface area contributed by atoms with Gasteiger partial charge in [-0.15, -0.1) is 0 Å². The summed E-state index contributed by atoms with van der Waals surface area (Å²) >= 11 is 0.983. The number of imide groups is 1. The molecule has 2 unspecified atom stereocenters. The predicted octanol–water partition coefficient (Wildman–Crippen LogP) is 1.44. The van der Waals surface area contributed by atoms with Crippen molar-refractivity contribution in [2.75, 3.05) is 36.5 Å². The van der Waals surface area contributed by atoms with Gasteiger partial charge in [0.25, 0.3) is 5.24 Å². The fraction of sp³-hybridized carbons (Fsp3) is 0.526. The number of anilines is 1. The minimum atomic E-state index is -3.49. The van der Waals surface area contributed by atoms with E-state index in [1.54, 1.807) is 24.3 Å². The molecule has 0 aliphatic carbocycles. The summed E-state index contributed by atoms with van der Waals surface area (Å²) < 4.78 is 31.9. The fourth-order valence-electron chi connectivity index (χ4n) is 3.37. The van der Waals surface area contributed by atoms with Crippen LogP contribution in [0.4, 0.5) is 15.3 Å². The maximum absolute atomic E-state index is 12.5. The maximum Gasteiger partial charge on any atom is 0.319 e. The van der Waals surface area contributed by atoms with Crippen molar-refractivity contribution in [2.24, 2.45) is 0 Å². The number of urea groups is 1. The molecule has 31 heavy (non-hydrogen) atoms. The van der Waals surface area contributed by atoms with Gasteiger partial charge in [-0.3, -0.25) is 14.5 Å². The zero-order valence-corrected chi connectivity index (χ0v) is 19.0. The van der Waals surface area contributed by atoms with Crippen LogP contribution in [0.15, 0.2) is 24.3 Å². The first-order chi connectivity index (χ1) is 14.6. The van der Waals surface area contributed by atoms with Crippen molar-refractivity contribution in [1.82, 2.24) is 14.5 Å². The smallest absolute Gasteiger partial charge is 0.319 e. The number of carbonyl (C=O) groups is 3. The third kappa shape index (κ3) is 6.42. The zero-order chi connectivity index (χ0) is 22.6. The van der Waals surface area contributed by atoms with Gasteiger partial charge >= 0.3 is 6.03 Å². The molecule has 2 heterocycles. The Morgan fingerprint density at radius 1 is 1.16 bits per heavy atom. The monoisotopic (exact) mass is 470 g/mol. The van der Waals surface area contributed by atoms with Crippen LogP contribution in [0.1, 0.15) is 19.4 Å². The van der Waals surface area contributed by atoms with Gasteiger partial charge in [0.05, 0.1) is 30.3 Å². The van der Waals surface area contributed by atoms with Gasteiger partial charge in [-0.25, -0.2) is 13.2 Å². The molecule has 12 heteroatoms. The van der Waals surface area contributed by atoms with Crippen LogP contribution in [0, 0.1) is 0 Å². The second-order valence-electron chi connectivity index (χ2n) is 7.50. The molecule has 2 aliphatic rings. The van der Waals surface area contributed by atoms with Gasteiger partial charge < -0.3 is 15.4 Å². The van der Waals surface area contributed by atoms with E-state index in [9.17, 15) is 22.8 Å². The Balaban J connectivity index is 1.44. The van der Waals surface area contributed by atoms with Crippen molar-refractivity contribution in [2.45, 2.75) is 32.6 Å². The summed E-state index contributed by atoms with van der Waals surface area (Å²) in [6, 6.07) is 6.21. The Kier molecular flexibility index (Phi) is 7.57. The quantitative estimate of drug-likeness (QED) is 0.618. The number of nitrogens with zero attached hydrogens (tertiary/aromatic N) is 2. The van der Waals surface area contributed by atoms with Crippen molar-refractivity contribution in [3.05, 3.63) is 29.8 Å². The number of hydrogen-bond acceptors (Lipinski definition) is 7. The summed E-state index contributed by atoms with van der Waals surface area (Å²) in [7, 11) is -3.49. The van der Waals surface area contributed by atoms with Crippen molar-refractivity contribution in [3.63, 3.8) is 0 Å². The number of benzene rings is 1.